The maximum Gasteiger partial charge on any atom is 0.185 e. The molecular weight excluding hydrogens is 471 g/mol. The van der Waals surface area contributed by atoms with E-state index >= 15 is 0 Å². The molecule has 1 atom stereocenters. The summed E-state index contributed by atoms with van der Waals surface area (Å²) in [5, 5.41) is 1.29. The third-order valence-corrected chi connectivity index (χ3v) is 7.32. The van der Waals surface area contributed by atoms with Crippen molar-refractivity contribution in [1.82, 2.24) is 0 Å². The van der Waals surface area contributed by atoms with Crippen molar-refractivity contribution >= 4 is 38.8 Å². The summed E-state index contributed by atoms with van der Waals surface area (Å²) in [6.07, 6.45) is 2.66. The van der Waals surface area contributed by atoms with Gasteiger partial charge in [-0.25, -0.2) is 8.42 Å². The van der Waals surface area contributed by atoms with Crippen LogP contribution in [0.15, 0.2) is 36.4 Å². The van der Waals surface area contributed by atoms with Gasteiger partial charge in [0.15, 0.2) is 15.6 Å². The first-order valence-electron chi connectivity index (χ1n) is 10.3. The Kier molecular flexibility index (Phi) is 7.30. The molecule has 32 heavy (non-hydrogen) atoms. The largest absolute Gasteiger partial charge is 0.486 e. The molecule has 0 radical (unpaired) electrons. The highest BCUT2D eigenvalue weighted by Crippen LogP contribution is 2.39. The van der Waals surface area contributed by atoms with Gasteiger partial charge in [-0.05, 0) is 60.7 Å². The molecule has 0 bridgehead atoms. The Morgan fingerprint density at radius 2 is 1.69 bits per heavy atom. The molecule has 5 nitrogen and oxygen atoms in total. The summed E-state index contributed by atoms with van der Waals surface area (Å²) in [7, 11) is -3.36. The van der Waals surface area contributed by atoms with E-state index in [-0.39, 0.29) is 17.6 Å². The van der Waals surface area contributed by atoms with Crippen LogP contribution in [0.5, 0.6) is 5.75 Å². The van der Waals surface area contributed by atoms with Crippen molar-refractivity contribution in [3.63, 3.8) is 0 Å². The summed E-state index contributed by atoms with van der Waals surface area (Å²) in [6.45, 7) is 6.74. The highest BCUT2D eigenvalue weighted by atomic mass is 35.5. The van der Waals surface area contributed by atoms with E-state index in [1.165, 1.54) is 0 Å². The number of ether oxygens (including phenoxy) is 2. The fraction of sp³-hybridized carbons (Fsp3) is 0.458. The molecule has 0 spiro atoms. The number of ketones is 1. The topological polar surface area (TPSA) is 73.0 Å². The van der Waals surface area contributed by atoms with E-state index in [9.17, 15) is 13.2 Å². The minimum absolute atomic E-state index is 0.0518. The molecule has 0 aromatic heterocycles. The average Bonchev–Trinajstić information content (AvgIpc) is 3.42. The van der Waals surface area contributed by atoms with Crippen molar-refractivity contribution in [2.75, 3.05) is 25.2 Å². The molecule has 2 aromatic rings. The smallest absolute Gasteiger partial charge is 0.185 e. The second-order valence-electron chi connectivity index (χ2n) is 9.20. The quantitative estimate of drug-likeness (QED) is 0.429. The number of epoxide rings is 1. The van der Waals surface area contributed by atoms with Crippen molar-refractivity contribution in [3.8, 4) is 5.75 Å². The second kappa shape index (κ2) is 9.34. The van der Waals surface area contributed by atoms with Gasteiger partial charge in [0.05, 0.1) is 12.2 Å². The number of hydrogen-bond acceptors (Lipinski definition) is 5. The molecule has 2 aromatic carbocycles. The van der Waals surface area contributed by atoms with Crippen molar-refractivity contribution in [2.45, 2.75) is 44.6 Å². The van der Waals surface area contributed by atoms with Crippen molar-refractivity contribution in [2.24, 2.45) is 0 Å². The van der Waals surface area contributed by atoms with Gasteiger partial charge in [-0.3, -0.25) is 4.79 Å². The highest BCUT2D eigenvalue weighted by molar-refractivity contribution is 7.91. The maximum atomic E-state index is 11.7. The zero-order valence-corrected chi connectivity index (χ0v) is 21.0. The number of halogens is 2. The van der Waals surface area contributed by atoms with E-state index < -0.39 is 21.4 Å². The molecule has 3 rings (SSSR count). The first kappa shape index (κ1) is 25.0. The van der Waals surface area contributed by atoms with Gasteiger partial charge in [0, 0.05) is 21.7 Å². The van der Waals surface area contributed by atoms with Crippen LogP contribution in [0.2, 0.25) is 10.0 Å². The molecule has 8 heteroatoms. The summed E-state index contributed by atoms with van der Waals surface area (Å²) in [5.41, 5.74) is 2.52. The monoisotopic (exact) mass is 498 g/mol. The van der Waals surface area contributed by atoms with Gasteiger partial charge in [0.2, 0.25) is 0 Å². The van der Waals surface area contributed by atoms with E-state index in [0.29, 0.717) is 15.8 Å². The van der Waals surface area contributed by atoms with E-state index in [1.807, 2.05) is 24.3 Å². The van der Waals surface area contributed by atoms with Crippen molar-refractivity contribution in [3.05, 3.63) is 63.1 Å². The van der Waals surface area contributed by atoms with E-state index in [2.05, 4.69) is 20.8 Å². The second-order valence-corrected chi connectivity index (χ2v) is 12.2. The predicted octanol–water partition coefficient (Wildman–Crippen LogP) is 5.03. The molecule has 0 amide bonds. The number of Topliss-reactive ketones (excluding diaryl/α,β-unsaturated/α-hetero) is 1. The number of hydrogen-bond donors (Lipinski definition) is 0. The highest BCUT2D eigenvalue weighted by Gasteiger charge is 2.38. The Hall–Kier alpha value is -1.60. The van der Waals surface area contributed by atoms with E-state index in [0.717, 1.165) is 42.4 Å². The Morgan fingerprint density at radius 3 is 2.19 bits per heavy atom. The average molecular weight is 499 g/mol. The lowest BCUT2D eigenvalue weighted by molar-refractivity contribution is -0.118. The third-order valence-electron chi connectivity index (χ3n) is 5.80. The summed E-state index contributed by atoms with van der Waals surface area (Å²) < 4.78 is 33.3. The zero-order valence-electron chi connectivity index (χ0n) is 18.7. The van der Waals surface area contributed by atoms with Gasteiger partial charge in [-0.15, -0.1) is 0 Å². The maximum absolute atomic E-state index is 11.7. The van der Waals surface area contributed by atoms with Crippen molar-refractivity contribution < 1.29 is 22.7 Å². The molecule has 1 heterocycles. The molecule has 174 valence electrons. The Bertz CT molecular complexity index is 1080. The van der Waals surface area contributed by atoms with Gasteiger partial charge in [0.1, 0.15) is 18.1 Å². The first-order valence-corrected chi connectivity index (χ1v) is 13.2. The van der Waals surface area contributed by atoms with Gasteiger partial charge >= 0.3 is 0 Å². The first-order chi connectivity index (χ1) is 14.8. The molecule has 1 aliphatic heterocycles. The molecule has 1 fully saturated rings. The van der Waals surface area contributed by atoms with E-state index in [4.69, 9.17) is 32.7 Å². The molecular formula is C24H28Cl2O5S. The van der Waals surface area contributed by atoms with Crippen LogP contribution < -0.4 is 4.74 Å². The minimum Gasteiger partial charge on any atom is -0.486 e. The summed E-state index contributed by atoms with van der Waals surface area (Å²) in [5.74, 6) is -0.515. The van der Waals surface area contributed by atoms with Crippen LogP contribution in [0.3, 0.4) is 0 Å². The Balaban J connectivity index is 1.71. The summed E-state index contributed by atoms with van der Waals surface area (Å²) in [4.78, 5) is 11.7. The van der Waals surface area contributed by atoms with Crippen LogP contribution >= 0.6 is 23.2 Å². The van der Waals surface area contributed by atoms with Crippen LogP contribution in [-0.2, 0) is 31.2 Å². The zero-order chi connectivity index (χ0) is 23.7. The van der Waals surface area contributed by atoms with Crippen LogP contribution in [-0.4, -0.2) is 45.0 Å². The lowest BCUT2D eigenvalue weighted by atomic mass is 9.78. The molecule has 0 saturated carbocycles. The predicted molar refractivity (Wildman–Crippen MR) is 128 cm³/mol. The molecule has 0 aliphatic carbocycles. The minimum atomic E-state index is -3.36. The molecule has 1 saturated heterocycles. The number of benzene rings is 2. The Labute approximate surface area is 199 Å². The number of sulfone groups is 1. The van der Waals surface area contributed by atoms with Gasteiger partial charge in [-0.2, -0.15) is 0 Å². The normalized spacial score (nSPS) is 18.4. The number of rotatable bonds is 10. The van der Waals surface area contributed by atoms with Gasteiger partial charge < -0.3 is 9.47 Å². The van der Waals surface area contributed by atoms with Crippen molar-refractivity contribution in [1.29, 1.82) is 0 Å². The molecule has 1 aliphatic rings. The summed E-state index contributed by atoms with van der Waals surface area (Å²) in [6, 6.07) is 11.3. The van der Waals surface area contributed by atoms with Gasteiger partial charge in [-0.1, -0.05) is 49.2 Å². The van der Waals surface area contributed by atoms with Gasteiger partial charge in [0.25, 0.3) is 0 Å². The van der Waals surface area contributed by atoms with Crippen LogP contribution in [0, 0.1) is 0 Å². The fourth-order valence-corrected chi connectivity index (χ4v) is 4.84. The number of carbonyl (C=O) groups is 1. The third kappa shape index (κ3) is 6.47. The molecule has 0 N–H and O–H groups in total. The molecule has 1 unspecified atom stereocenters. The van der Waals surface area contributed by atoms with Crippen LogP contribution in [0.1, 0.15) is 43.9 Å². The van der Waals surface area contributed by atoms with Crippen LogP contribution in [0.4, 0.5) is 0 Å². The van der Waals surface area contributed by atoms with E-state index in [1.54, 1.807) is 12.1 Å². The fourth-order valence-electron chi connectivity index (χ4n) is 3.49. The number of carbonyl (C=O) groups excluding carboxylic acids is 1. The Morgan fingerprint density at radius 1 is 1.12 bits per heavy atom. The lowest BCUT2D eigenvalue weighted by Gasteiger charge is -2.27. The van der Waals surface area contributed by atoms with Crippen LogP contribution in [0.25, 0.3) is 0 Å². The SMILES string of the molecule is CC1(CCc2c(Cl)cc(C(C)(C)c3ccc(OCC(=O)CS(C)(=O)=O)cc3)cc2Cl)CO1. The summed E-state index contributed by atoms with van der Waals surface area (Å²) >= 11 is 13.2. The standard InChI is InChI=1S/C24H28Cl2O5S/c1-23(2,16-5-7-19(8-6-16)30-13-18(27)14-32(4,28)29)17-11-21(25)20(22(26)12-17)9-10-24(3)15-31-24/h5-8,11-12H,9-10,13-15H2,1-4H3. The lowest BCUT2D eigenvalue weighted by Crippen LogP contribution is -2.21.